The van der Waals surface area contributed by atoms with Crippen LogP contribution in [0, 0.1) is 18.3 Å². The van der Waals surface area contributed by atoms with E-state index in [1.807, 2.05) is 51.1 Å². The first-order valence-electron chi connectivity index (χ1n) is 7.16. The summed E-state index contributed by atoms with van der Waals surface area (Å²) in [5.41, 5.74) is 2.35. The molecule has 0 aliphatic rings. The smallest absolute Gasteiger partial charge is 0.254 e. The topological polar surface area (TPSA) is 69.6 Å². The van der Waals surface area contributed by atoms with Gasteiger partial charge < -0.3 is 10.4 Å². The zero-order valence-electron chi connectivity index (χ0n) is 12.9. The number of hydrogen-bond donors (Lipinski definition) is 2. The number of nitrogens with zero attached hydrogens (tertiary/aromatic N) is 1. The average Bonchev–Trinajstić information content (AvgIpc) is 2.49. The SMILES string of the molecule is Cc1c(C(=N)C(C)C)nc(C(C)c2ccccc2)[nH]c1=O. The Morgan fingerprint density at radius 2 is 1.81 bits per heavy atom. The predicted molar refractivity (Wildman–Crippen MR) is 85.2 cm³/mol. The van der Waals surface area contributed by atoms with Crippen molar-refractivity contribution in [3.05, 3.63) is 63.3 Å². The zero-order chi connectivity index (χ0) is 15.6. The number of aromatic nitrogens is 2. The molecule has 2 N–H and O–H groups in total. The highest BCUT2D eigenvalue weighted by Gasteiger charge is 2.18. The molecule has 1 atom stereocenters. The number of aromatic amines is 1. The van der Waals surface area contributed by atoms with Crippen LogP contribution in [0.4, 0.5) is 0 Å². The van der Waals surface area contributed by atoms with Crippen molar-refractivity contribution in [2.45, 2.75) is 33.6 Å². The lowest BCUT2D eigenvalue weighted by Gasteiger charge is -2.15. The van der Waals surface area contributed by atoms with Gasteiger partial charge in [0.1, 0.15) is 5.82 Å². The first-order chi connectivity index (χ1) is 9.91. The maximum Gasteiger partial charge on any atom is 0.254 e. The van der Waals surface area contributed by atoms with Crippen molar-refractivity contribution in [2.75, 3.05) is 0 Å². The molecule has 2 aromatic rings. The molecule has 4 nitrogen and oxygen atoms in total. The molecule has 2 rings (SSSR count). The van der Waals surface area contributed by atoms with Crippen LogP contribution in [0.5, 0.6) is 0 Å². The molecule has 1 unspecified atom stereocenters. The molecule has 0 saturated carbocycles. The quantitative estimate of drug-likeness (QED) is 0.846. The molecule has 0 radical (unpaired) electrons. The predicted octanol–water partition coefficient (Wildman–Crippen LogP) is 3.25. The van der Waals surface area contributed by atoms with Gasteiger partial charge in [-0.2, -0.15) is 0 Å². The van der Waals surface area contributed by atoms with E-state index in [1.54, 1.807) is 6.92 Å². The Bertz CT molecular complexity index is 702. The summed E-state index contributed by atoms with van der Waals surface area (Å²) in [6, 6.07) is 9.92. The Kier molecular flexibility index (Phi) is 4.36. The standard InChI is InChI=1S/C17H21N3O/c1-10(2)14(18)15-12(4)17(21)20-16(19-15)11(3)13-8-6-5-7-9-13/h5-11,18H,1-4H3,(H,19,20,21). The third-order valence-electron chi connectivity index (χ3n) is 3.71. The number of rotatable bonds is 4. The van der Waals surface area contributed by atoms with Gasteiger partial charge >= 0.3 is 0 Å². The van der Waals surface area contributed by atoms with Crippen LogP contribution in [-0.2, 0) is 0 Å². The lowest BCUT2D eigenvalue weighted by Crippen LogP contribution is -2.23. The van der Waals surface area contributed by atoms with Gasteiger partial charge in [-0.3, -0.25) is 4.79 Å². The number of H-pyrrole nitrogens is 1. The van der Waals surface area contributed by atoms with Crippen LogP contribution in [0.1, 0.15) is 49.3 Å². The normalized spacial score (nSPS) is 12.4. The fourth-order valence-corrected chi connectivity index (χ4v) is 2.19. The van der Waals surface area contributed by atoms with Crippen molar-refractivity contribution in [2.24, 2.45) is 5.92 Å². The van der Waals surface area contributed by atoms with Crippen molar-refractivity contribution in [3.63, 3.8) is 0 Å². The van der Waals surface area contributed by atoms with E-state index in [0.29, 0.717) is 22.8 Å². The van der Waals surface area contributed by atoms with Crippen LogP contribution in [0.3, 0.4) is 0 Å². The molecule has 1 heterocycles. The molecule has 0 saturated heterocycles. The molecule has 1 aromatic carbocycles. The van der Waals surface area contributed by atoms with E-state index in [9.17, 15) is 4.79 Å². The average molecular weight is 283 g/mol. The Labute approximate surface area is 124 Å². The molecule has 0 bridgehead atoms. The summed E-state index contributed by atoms with van der Waals surface area (Å²) < 4.78 is 0. The van der Waals surface area contributed by atoms with Gasteiger partial charge in [-0.05, 0) is 18.4 Å². The van der Waals surface area contributed by atoms with Crippen LogP contribution in [0.15, 0.2) is 35.1 Å². The summed E-state index contributed by atoms with van der Waals surface area (Å²) in [6.07, 6.45) is 0. The number of hydrogen-bond acceptors (Lipinski definition) is 3. The van der Waals surface area contributed by atoms with Gasteiger partial charge in [-0.15, -0.1) is 0 Å². The van der Waals surface area contributed by atoms with E-state index in [0.717, 1.165) is 5.56 Å². The van der Waals surface area contributed by atoms with Crippen LogP contribution in [0.2, 0.25) is 0 Å². The summed E-state index contributed by atoms with van der Waals surface area (Å²) in [6.45, 7) is 7.59. The van der Waals surface area contributed by atoms with Gasteiger partial charge in [-0.25, -0.2) is 4.98 Å². The second-order valence-electron chi connectivity index (χ2n) is 5.63. The highest BCUT2D eigenvalue weighted by Crippen LogP contribution is 2.21. The van der Waals surface area contributed by atoms with Gasteiger partial charge in [0.2, 0.25) is 0 Å². The van der Waals surface area contributed by atoms with Crippen LogP contribution >= 0.6 is 0 Å². The molecule has 4 heteroatoms. The Morgan fingerprint density at radius 1 is 1.19 bits per heavy atom. The summed E-state index contributed by atoms with van der Waals surface area (Å²) in [4.78, 5) is 19.5. The Balaban J connectivity index is 2.51. The van der Waals surface area contributed by atoms with E-state index >= 15 is 0 Å². The van der Waals surface area contributed by atoms with E-state index in [1.165, 1.54) is 0 Å². The highest BCUT2D eigenvalue weighted by atomic mass is 16.1. The second kappa shape index (κ2) is 6.04. The number of benzene rings is 1. The third-order valence-corrected chi connectivity index (χ3v) is 3.71. The van der Waals surface area contributed by atoms with Gasteiger partial charge in [0.25, 0.3) is 5.56 Å². The fourth-order valence-electron chi connectivity index (χ4n) is 2.19. The molecule has 21 heavy (non-hydrogen) atoms. The molecule has 0 fully saturated rings. The molecular formula is C17H21N3O. The minimum absolute atomic E-state index is 0.0155. The maximum atomic E-state index is 12.1. The van der Waals surface area contributed by atoms with Crippen molar-refractivity contribution < 1.29 is 0 Å². The molecule has 0 spiro atoms. The van der Waals surface area contributed by atoms with Crippen molar-refractivity contribution in [1.29, 1.82) is 5.41 Å². The Hall–Kier alpha value is -2.23. The third kappa shape index (κ3) is 3.10. The molecule has 0 amide bonds. The zero-order valence-corrected chi connectivity index (χ0v) is 12.9. The summed E-state index contributed by atoms with van der Waals surface area (Å²) in [5, 5.41) is 8.15. The highest BCUT2D eigenvalue weighted by molar-refractivity contribution is 5.98. The summed E-state index contributed by atoms with van der Waals surface area (Å²) >= 11 is 0. The largest absolute Gasteiger partial charge is 0.310 e. The number of nitrogens with one attached hydrogen (secondary N) is 2. The van der Waals surface area contributed by atoms with Crippen molar-refractivity contribution >= 4 is 5.71 Å². The van der Waals surface area contributed by atoms with E-state index in [2.05, 4.69) is 9.97 Å². The minimum atomic E-state index is -0.164. The molecule has 0 aliphatic carbocycles. The van der Waals surface area contributed by atoms with Gasteiger partial charge in [0.15, 0.2) is 0 Å². The van der Waals surface area contributed by atoms with E-state index in [4.69, 9.17) is 5.41 Å². The van der Waals surface area contributed by atoms with Gasteiger partial charge in [0, 0.05) is 11.5 Å². The monoisotopic (exact) mass is 283 g/mol. The molecule has 110 valence electrons. The van der Waals surface area contributed by atoms with Crippen LogP contribution in [0.25, 0.3) is 0 Å². The van der Waals surface area contributed by atoms with E-state index < -0.39 is 0 Å². The molecule has 1 aromatic heterocycles. The Morgan fingerprint density at radius 3 is 2.38 bits per heavy atom. The lowest BCUT2D eigenvalue weighted by atomic mass is 9.98. The first kappa shape index (κ1) is 15.2. The van der Waals surface area contributed by atoms with Crippen LogP contribution < -0.4 is 5.56 Å². The molecule has 0 aliphatic heterocycles. The van der Waals surface area contributed by atoms with Gasteiger partial charge in [-0.1, -0.05) is 51.1 Å². The van der Waals surface area contributed by atoms with E-state index in [-0.39, 0.29) is 17.4 Å². The van der Waals surface area contributed by atoms with Crippen molar-refractivity contribution in [3.8, 4) is 0 Å². The summed E-state index contributed by atoms with van der Waals surface area (Å²) in [7, 11) is 0. The molecular weight excluding hydrogens is 262 g/mol. The lowest BCUT2D eigenvalue weighted by molar-refractivity contribution is 0.788. The minimum Gasteiger partial charge on any atom is -0.310 e. The maximum absolute atomic E-state index is 12.1. The van der Waals surface area contributed by atoms with Crippen molar-refractivity contribution in [1.82, 2.24) is 9.97 Å². The second-order valence-corrected chi connectivity index (χ2v) is 5.63. The first-order valence-corrected chi connectivity index (χ1v) is 7.16. The van der Waals surface area contributed by atoms with Gasteiger partial charge in [0.05, 0.1) is 11.4 Å². The van der Waals surface area contributed by atoms with Crippen LogP contribution in [-0.4, -0.2) is 15.7 Å². The summed E-state index contributed by atoms with van der Waals surface area (Å²) in [5.74, 6) is 0.633. The fraction of sp³-hybridized carbons (Fsp3) is 0.353.